The van der Waals surface area contributed by atoms with Gasteiger partial charge in [0.05, 0.1) is 11.3 Å². The highest BCUT2D eigenvalue weighted by atomic mass is 16.6. The van der Waals surface area contributed by atoms with E-state index in [4.69, 9.17) is 19.2 Å². The Bertz CT molecular complexity index is 2210. The van der Waals surface area contributed by atoms with Gasteiger partial charge >= 0.3 is 6.09 Å². The van der Waals surface area contributed by atoms with Gasteiger partial charge in [-0.3, -0.25) is 5.41 Å². The van der Waals surface area contributed by atoms with E-state index in [9.17, 15) is 10.2 Å². The van der Waals surface area contributed by atoms with Gasteiger partial charge < -0.3 is 29.3 Å². The summed E-state index contributed by atoms with van der Waals surface area (Å²) in [4.78, 5) is 21.8. The van der Waals surface area contributed by atoms with Crippen molar-refractivity contribution in [3.63, 3.8) is 0 Å². The molecule has 0 atom stereocenters. The first-order valence-electron chi connectivity index (χ1n) is 21.4. The number of carbonyl (C=O) groups is 1. The number of nitrogens with zero attached hydrogens (tertiary/aromatic N) is 3. The summed E-state index contributed by atoms with van der Waals surface area (Å²) < 4.78 is 18.0. The van der Waals surface area contributed by atoms with Gasteiger partial charge in [-0.25, -0.2) is 4.79 Å². The summed E-state index contributed by atoms with van der Waals surface area (Å²) >= 11 is 0. The number of likely N-dealkylation sites (tertiary alicyclic amines) is 1. The summed E-state index contributed by atoms with van der Waals surface area (Å²) in [7, 11) is 1.91. The number of carbonyl (C=O) groups excluding carboxylic acids is 1. The van der Waals surface area contributed by atoms with E-state index in [-0.39, 0.29) is 11.5 Å². The van der Waals surface area contributed by atoms with Gasteiger partial charge in [0.2, 0.25) is 11.8 Å². The molecule has 3 aromatic carbocycles. The Morgan fingerprint density at radius 1 is 0.883 bits per heavy atom. The molecule has 0 radical (unpaired) electrons. The van der Waals surface area contributed by atoms with Crippen LogP contribution in [0.4, 0.5) is 16.2 Å². The zero-order chi connectivity index (χ0) is 42.3. The number of ether oxygens (including phenoxy) is 3. The van der Waals surface area contributed by atoms with Crippen LogP contribution in [0.1, 0.15) is 88.5 Å². The lowest BCUT2D eigenvalue weighted by Crippen LogP contribution is -2.44. The van der Waals surface area contributed by atoms with Gasteiger partial charge in [-0.05, 0) is 124 Å². The van der Waals surface area contributed by atoms with Crippen molar-refractivity contribution >= 4 is 23.2 Å². The van der Waals surface area contributed by atoms with Crippen LogP contribution < -0.4 is 19.7 Å². The Morgan fingerprint density at radius 2 is 1.52 bits per heavy atom. The van der Waals surface area contributed by atoms with Gasteiger partial charge in [0.25, 0.3) is 0 Å². The Hall–Kier alpha value is -5.83. The average Bonchev–Trinajstić information content (AvgIpc) is 3.56. The van der Waals surface area contributed by atoms with E-state index >= 15 is 0 Å². The van der Waals surface area contributed by atoms with E-state index in [1.165, 1.54) is 16.7 Å². The normalized spacial score (nSPS) is 17.1. The molecular formula is C51H61N5O4. The van der Waals surface area contributed by atoms with Crippen molar-refractivity contribution < 1.29 is 19.0 Å². The maximum absolute atomic E-state index is 12.7. The van der Waals surface area contributed by atoms with Crippen LogP contribution in [0.25, 0.3) is 0 Å². The molecule has 1 aliphatic carbocycles. The summed E-state index contributed by atoms with van der Waals surface area (Å²) in [6, 6.07) is 30.0. The Balaban J connectivity index is 0.997. The van der Waals surface area contributed by atoms with Gasteiger partial charge in [-0.1, -0.05) is 85.0 Å². The Labute approximate surface area is 356 Å². The molecule has 314 valence electrons. The zero-order valence-electron chi connectivity index (χ0n) is 36.1. The number of amides is 1. The van der Waals surface area contributed by atoms with Crippen molar-refractivity contribution in [2.75, 3.05) is 43.4 Å². The molecule has 0 bridgehead atoms. The monoisotopic (exact) mass is 807 g/mol. The SMILES string of the molecule is C=C/C(=C\C1=C(C)CC2(CCN(C(=O)OC(C)(C)C)CC2)C1)C1CCN(c2ccc(C(=N)c3ccc(OCc4ccccc4)nc3OCc3ccccc3)c(NC)c2)CC1. The third-order valence-electron chi connectivity index (χ3n) is 12.2. The second kappa shape index (κ2) is 18.6. The van der Waals surface area contributed by atoms with Crippen LogP contribution in [0.5, 0.6) is 11.8 Å². The topological polar surface area (TPSA) is 100 Å². The molecule has 9 heteroatoms. The summed E-state index contributed by atoms with van der Waals surface area (Å²) in [5.41, 5.74) is 9.76. The maximum Gasteiger partial charge on any atom is 0.410 e. The second-order valence-corrected chi connectivity index (χ2v) is 17.6. The lowest BCUT2D eigenvalue weighted by molar-refractivity contribution is 0.0111. The molecule has 7 rings (SSSR count). The predicted octanol–water partition coefficient (Wildman–Crippen LogP) is 11.2. The first-order valence-corrected chi connectivity index (χ1v) is 21.4. The van der Waals surface area contributed by atoms with E-state index < -0.39 is 5.60 Å². The number of aromatic nitrogens is 1. The highest BCUT2D eigenvalue weighted by Gasteiger charge is 2.41. The summed E-state index contributed by atoms with van der Waals surface area (Å²) in [6.07, 6.45) is 10.6. The third-order valence-corrected chi connectivity index (χ3v) is 12.2. The van der Waals surface area contributed by atoms with Crippen molar-refractivity contribution in [3.8, 4) is 11.8 Å². The number of hydrogen-bond acceptors (Lipinski definition) is 8. The van der Waals surface area contributed by atoms with Gasteiger partial charge in [0, 0.05) is 56.2 Å². The molecule has 2 aliphatic heterocycles. The van der Waals surface area contributed by atoms with E-state index in [0.717, 1.165) is 92.8 Å². The summed E-state index contributed by atoms with van der Waals surface area (Å²) in [6.45, 7) is 16.4. The molecule has 2 saturated heterocycles. The molecule has 2 fully saturated rings. The van der Waals surface area contributed by atoms with E-state index in [2.05, 4.69) is 48.0 Å². The fourth-order valence-corrected chi connectivity index (χ4v) is 8.89. The largest absolute Gasteiger partial charge is 0.473 e. The molecule has 1 spiro atoms. The first kappa shape index (κ1) is 42.3. The van der Waals surface area contributed by atoms with Crippen LogP contribution in [0.15, 0.2) is 126 Å². The van der Waals surface area contributed by atoms with Crippen LogP contribution in [-0.4, -0.2) is 60.5 Å². The minimum atomic E-state index is -0.478. The molecule has 0 saturated carbocycles. The van der Waals surface area contributed by atoms with Crippen LogP contribution in [0.3, 0.4) is 0 Å². The molecule has 3 aliphatic rings. The third kappa shape index (κ3) is 10.3. The van der Waals surface area contributed by atoms with Crippen molar-refractivity contribution in [2.24, 2.45) is 11.3 Å². The average molecular weight is 808 g/mol. The number of piperidine rings is 2. The predicted molar refractivity (Wildman–Crippen MR) is 242 cm³/mol. The Kier molecular flexibility index (Phi) is 13.1. The van der Waals surface area contributed by atoms with Crippen molar-refractivity contribution in [3.05, 3.63) is 149 Å². The van der Waals surface area contributed by atoms with Gasteiger partial charge in [-0.15, -0.1) is 0 Å². The summed E-state index contributed by atoms with van der Waals surface area (Å²) in [5, 5.41) is 12.8. The number of benzene rings is 3. The fraction of sp³-hybridized carbons (Fsp3) is 0.392. The van der Waals surface area contributed by atoms with Crippen LogP contribution in [0, 0.1) is 16.7 Å². The number of rotatable bonds is 13. The number of nitrogens with one attached hydrogen (secondary N) is 2. The quantitative estimate of drug-likeness (QED) is 0.102. The summed E-state index contributed by atoms with van der Waals surface area (Å²) in [5.74, 6) is 1.25. The first-order chi connectivity index (χ1) is 28.9. The Morgan fingerprint density at radius 3 is 2.13 bits per heavy atom. The minimum absolute atomic E-state index is 0.193. The van der Waals surface area contributed by atoms with Crippen LogP contribution >= 0.6 is 0 Å². The lowest BCUT2D eigenvalue weighted by atomic mass is 9.75. The van der Waals surface area contributed by atoms with E-state index in [1.54, 1.807) is 0 Å². The molecule has 0 unspecified atom stereocenters. The highest BCUT2D eigenvalue weighted by Crippen LogP contribution is 2.50. The van der Waals surface area contributed by atoms with E-state index in [0.29, 0.717) is 42.2 Å². The number of pyridine rings is 1. The van der Waals surface area contributed by atoms with Crippen LogP contribution in [0.2, 0.25) is 0 Å². The molecule has 4 aromatic rings. The molecule has 9 nitrogen and oxygen atoms in total. The molecule has 60 heavy (non-hydrogen) atoms. The van der Waals surface area contributed by atoms with Gasteiger partial charge in [-0.2, -0.15) is 4.98 Å². The standard InChI is InChI=1S/C51H61N5O4/c1-7-39(30-41-33-51(32-36(41)2)24-28-56(29-25-51)49(57)60-50(3,4)5)40-22-26-55(27-23-40)42-18-19-43(45(31-42)53-6)47(52)44-20-21-46(58-34-37-14-10-8-11-15-37)54-48(44)59-35-38-16-12-9-13-17-38/h7-21,30-31,40,52-53H,1,22-29,32-35H2,2-6H3/b39-30+,52-47?. The van der Waals surface area contributed by atoms with Crippen LogP contribution in [-0.2, 0) is 18.0 Å². The smallest absolute Gasteiger partial charge is 0.410 e. The second-order valence-electron chi connectivity index (χ2n) is 17.6. The zero-order valence-corrected chi connectivity index (χ0v) is 36.1. The number of allylic oxidation sites excluding steroid dienone is 5. The fourth-order valence-electron chi connectivity index (χ4n) is 8.89. The minimum Gasteiger partial charge on any atom is -0.473 e. The van der Waals surface area contributed by atoms with Gasteiger partial charge in [0.15, 0.2) is 0 Å². The highest BCUT2D eigenvalue weighted by molar-refractivity contribution is 6.15. The van der Waals surface area contributed by atoms with Crippen molar-refractivity contribution in [2.45, 2.75) is 85.0 Å². The molecule has 2 N–H and O–H groups in total. The molecular weight excluding hydrogens is 747 g/mol. The van der Waals surface area contributed by atoms with Crippen molar-refractivity contribution in [1.82, 2.24) is 9.88 Å². The lowest BCUT2D eigenvalue weighted by Gasteiger charge is -2.40. The molecule has 1 aromatic heterocycles. The molecule has 1 amide bonds. The number of hydrogen-bond donors (Lipinski definition) is 2. The van der Waals surface area contributed by atoms with E-state index in [1.807, 2.05) is 112 Å². The van der Waals surface area contributed by atoms with Crippen molar-refractivity contribution in [1.29, 1.82) is 5.41 Å². The number of anilines is 2. The van der Waals surface area contributed by atoms with Gasteiger partial charge in [0.1, 0.15) is 18.8 Å². The molecule has 3 heterocycles. The maximum atomic E-state index is 12.7.